The number of pyridine rings is 1. The summed E-state index contributed by atoms with van der Waals surface area (Å²) in [6, 6.07) is 17.1. The summed E-state index contributed by atoms with van der Waals surface area (Å²) in [6.07, 6.45) is 1.78. The summed E-state index contributed by atoms with van der Waals surface area (Å²) in [6.45, 7) is 3.83. The first-order chi connectivity index (χ1) is 10.7. The van der Waals surface area contributed by atoms with Crippen molar-refractivity contribution in [3.8, 4) is 11.3 Å². The maximum absolute atomic E-state index is 12.1. The summed E-state index contributed by atoms with van der Waals surface area (Å²) < 4.78 is 4.90. The van der Waals surface area contributed by atoms with E-state index < -0.39 is 0 Å². The maximum atomic E-state index is 12.1. The predicted octanol–water partition coefficient (Wildman–Crippen LogP) is 4.33. The molecule has 0 aliphatic rings. The van der Waals surface area contributed by atoms with E-state index in [2.05, 4.69) is 11.6 Å². The Morgan fingerprint density at radius 1 is 1.14 bits per heavy atom. The van der Waals surface area contributed by atoms with Gasteiger partial charge in [0.25, 0.3) is 0 Å². The Balaban J connectivity index is 2.31. The van der Waals surface area contributed by atoms with Crippen molar-refractivity contribution >= 4 is 22.9 Å². The SMILES string of the molecule is C=Cc1ccccc1-c1cc(C(=O)OC)c2ccccc2n1. The quantitative estimate of drug-likeness (QED) is 0.674. The molecule has 2 aromatic carbocycles. The first kappa shape index (κ1) is 14.0. The van der Waals surface area contributed by atoms with Crippen LogP contribution in [-0.4, -0.2) is 18.1 Å². The average molecular weight is 289 g/mol. The van der Waals surface area contributed by atoms with E-state index in [4.69, 9.17) is 4.74 Å². The van der Waals surface area contributed by atoms with Crippen LogP contribution in [0.25, 0.3) is 28.2 Å². The summed E-state index contributed by atoms with van der Waals surface area (Å²) in [5.74, 6) is -0.365. The van der Waals surface area contributed by atoms with E-state index in [1.807, 2.05) is 48.5 Å². The summed E-state index contributed by atoms with van der Waals surface area (Å²) in [5.41, 5.74) is 3.92. The van der Waals surface area contributed by atoms with E-state index in [1.54, 1.807) is 12.1 Å². The molecule has 0 bridgehead atoms. The van der Waals surface area contributed by atoms with E-state index in [-0.39, 0.29) is 5.97 Å². The number of fused-ring (bicyclic) bond motifs is 1. The minimum absolute atomic E-state index is 0.365. The number of carbonyl (C=O) groups excluding carboxylic acids is 1. The van der Waals surface area contributed by atoms with Crippen molar-refractivity contribution < 1.29 is 9.53 Å². The molecule has 0 fully saturated rings. The average Bonchev–Trinajstić information content (AvgIpc) is 2.60. The van der Waals surface area contributed by atoms with E-state index in [0.29, 0.717) is 5.56 Å². The summed E-state index contributed by atoms with van der Waals surface area (Å²) in [4.78, 5) is 16.8. The Morgan fingerprint density at radius 3 is 2.64 bits per heavy atom. The van der Waals surface area contributed by atoms with Crippen molar-refractivity contribution in [1.29, 1.82) is 0 Å². The minimum atomic E-state index is -0.365. The monoisotopic (exact) mass is 289 g/mol. The fourth-order valence-electron chi connectivity index (χ4n) is 2.50. The Bertz CT molecular complexity index is 868. The van der Waals surface area contributed by atoms with Gasteiger partial charge in [-0.2, -0.15) is 0 Å². The molecule has 108 valence electrons. The predicted molar refractivity (Wildman–Crippen MR) is 88.6 cm³/mol. The zero-order valence-electron chi connectivity index (χ0n) is 12.2. The zero-order chi connectivity index (χ0) is 15.5. The van der Waals surface area contributed by atoms with Crippen molar-refractivity contribution in [2.24, 2.45) is 0 Å². The smallest absolute Gasteiger partial charge is 0.338 e. The van der Waals surface area contributed by atoms with Crippen LogP contribution < -0.4 is 0 Å². The van der Waals surface area contributed by atoms with Gasteiger partial charge in [-0.05, 0) is 17.7 Å². The summed E-state index contributed by atoms with van der Waals surface area (Å²) in [7, 11) is 1.38. The van der Waals surface area contributed by atoms with Crippen LogP contribution in [0.15, 0.2) is 61.2 Å². The number of para-hydroxylation sites is 1. The van der Waals surface area contributed by atoms with Crippen molar-refractivity contribution in [1.82, 2.24) is 4.98 Å². The molecule has 3 rings (SSSR count). The number of carbonyl (C=O) groups is 1. The van der Waals surface area contributed by atoms with Gasteiger partial charge in [0.1, 0.15) is 0 Å². The van der Waals surface area contributed by atoms with E-state index in [0.717, 1.165) is 27.7 Å². The first-order valence-corrected chi connectivity index (χ1v) is 6.94. The van der Waals surface area contributed by atoms with Gasteiger partial charge in [-0.1, -0.05) is 55.1 Å². The molecule has 0 spiro atoms. The van der Waals surface area contributed by atoms with Gasteiger partial charge >= 0.3 is 5.97 Å². The number of esters is 1. The molecule has 0 atom stereocenters. The van der Waals surface area contributed by atoms with Crippen LogP contribution in [0, 0.1) is 0 Å². The van der Waals surface area contributed by atoms with Crippen molar-refractivity contribution in [2.75, 3.05) is 7.11 Å². The minimum Gasteiger partial charge on any atom is -0.465 e. The second kappa shape index (κ2) is 5.82. The normalized spacial score (nSPS) is 10.4. The van der Waals surface area contributed by atoms with Crippen LogP contribution in [0.4, 0.5) is 0 Å². The highest BCUT2D eigenvalue weighted by Gasteiger charge is 2.14. The number of methoxy groups -OCH3 is 1. The molecular weight excluding hydrogens is 274 g/mol. The lowest BCUT2D eigenvalue weighted by molar-refractivity contribution is 0.0603. The lowest BCUT2D eigenvalue weighted by atomic mass is 10.0. The number of benzene rings is 2. The van der Waals surface area contributed by atoms with E-state index >= 15 is 0 Å². The molecule has 3 nitrogen and oxygen atoms in total. The van der Waals surface area contributed by atoms with Gasteiger partial charge in [0, 0.05) is 10.9 Å². The third-order valence-corrected chi connectivity index (χ3v) is 3.58. The van der Waals surface area contributed by atoms with Crippen molar-refractivity contribution in [3.63, 3.8) is 0 Å². The van der Waals surface area contributed by atoms with Gasteiger partial charge in [0.05, 0.1) is 23.9 Å². The Morgan fingerprint density at radius 2 is 1.86 bits per heavy atom. The molecule has 1 aromatic heterocycles. The Kier molecular flexibility index (Phi) is 3.71. The second-order valence-electron chi connectivity index (χ2n) is 4.86. The van der Waals surface area contributed by atoms with Crippen LogP contribution in [0.2, 0.25) is 0 Å². The molecule has 3 heteroatoms. The van der Waals surface area contributed by atoms with E-state index in [1.165, 1.54) is 7.11 Å². The number of nitrogens with zero attached hydrogens (tertiary/aromatic N) is 1. The molecular formula is C19H15NO2. The van der Waals surface area contributed by atoms with Gasteiger partial charge in [-0.25, -0.2) is 9.78 Å². The van der Waals surface area contributed by atoms with Crippen LogP contribution in [0.3, 0.4) is 0 Å². The lowest BCUT2D eigenvalue weighted by Crippen LogP contribution is -2.04. The molecule has 3 aromatic rings. The Labute approximate surface area is 128 Å². The third kappa shape index (κ3) is 2.37. The number of hydrogen-bond donors (Lipinski definition) is 0. The second-order valence-corrected chi connectivity index (χ2v) is 4.86. The van der Waals surface area contributed by atoms with Gasteiger partial charge in [0.15, 0.2) is 0 Å². The molecule has 0 radical (unpaired) electrons. The largest absolute Gasteiger partial charge is 0.465 e. The molecule has 1 heterocycles. The van der Waals surface area contributed by atoms with Crippen LogP contribution >= 0.6 is 0 Å². The molecule has 0 amide bonds. The highest BCUT2D eigenvalue weighted by atomic mass is 16.5. The summed E-state index contributed by atoms with van der Waals surface area (Å²) >= 11 is 0. The molecule has 22 heavy (non-hydrogen) atoms. The topological polar surface area (TPSA) is 39.2 Å². The molecule has 0 aliphatic heterocycles. The fourth-order valence-corrected chi connectivity index (χ4v) is 2.50. The molecule has 0 unspecified atom stereocenters. The number of aromatic nitrogens is 1. The van der Waals surface area contributed by atoms with Crippen molar-refractivity contribution in [3.05, 3.63) is 72.3 Å². The van der Waals surface area contributed by atoms with Gasteiger partial charge in [-0.3, -0.25) is 0 Å². The van der Waals surface area contributed by atoms with Crippen molar-refractivity contribution in [2.45, 2.75) is 0 Å². The van der Waals surface area contributed by atoms with Gasteiger partial charge < -0.3 is 4.74 Å². The van der Waals surface area contributed by atoms with Gasteiger partial charge in [0.2, 0.25) is 0 Å². The number of ether oxygens (including phenoxy) is 1. The fraction of sp³-hybridized carbons (Fsp3) is 0.0526. The molecule has 0 saturated carbocycles. The highest BCUT2D eigenvalue weighted by Crippen LogP contribution is 2.28. The molecule has 0 aliphatic carbocycles. The zero-order valence-corrected chi connectivity index (χ0v) is 12.2. The van der Waals surface area contributed by atoms with Crippen LogP contribution in [0.5, 0.6) is 0 Å². The lowest BCUT2D eigenvalue weighted by Gasteiger charge is -2.10. The maximum Gasteiger partial charge on any atom is 0.338 e. The first-order valence-electron chi connectivity index (χ1n) is 6.94. The molecule has 0 saturated heterocycles. The Hall–Kier alpha value is -2.94. The van der Waals surface area contributed by atoms with E-state index in [9.17, 15) is 4.79 Å². The van der Waals surface area contributed by atoms with Crippen LogP contribution in [0.1, 0.15) is 15.9 Å². The number of hydrogen-bond acceptors (Lipinski definition) is 3. The van der Waals surface area contributed by atoms with Crippen LogP contribution in [-0.2, 0) is 4.74 Å². The molecule has 0 N–H and O–H groups in total. The highest BCUT2D eigenvalue weighted by molar-refractivity contribution is 6.04. The third-order valence-electron chi connectivity index (χ3n) is 3.58. The summed E-state index contributed by atoms with van der Waals surface area (Å²) in [5, 5.41) is 0.786. The van der Waals surface area contributed by atoms with Gasteiger partial charge in [-0.15, -0.1) is 0 Å². The standard InChI is InChI=1S/C19H15NO2/c1-3-13-8-4-5-9-14(13)18-12-16(19(21)22-2)15-10-6-7-11-17(15)20-18/h3-12H,1H2,2H3. The number of rotatable bonds is 3.